The number of rotatable bonds is 4. The first-order valence-corrected chi connectivity index (χ1v) is 10.4. The second kappa shape index (κ2) is 8.65. The molecule has 6 nitrogen and oxygen atoms in total. The zero-order valence-corrected chi connectivity index (χ0v) is 19.5. The lowest BCUT2D eigenvalue weighted by atomic mass is 9.95. The fraction of sp³-hybridized carbons (Fsp3) is 0.391. The van der Waals surface area contributed by atoms with Crippen LogP contribution in [0.4, 0.5) is 26.3 Å². The van der Waals surface area contributed by atoms with Crippen molar-refractivity contribution in [1.29, 1.82) is 0 Å². The minimum absolute atomic E-state index is 0.148. The van der Waals surface area contributed by atoms with Crippen LogP contribution in [0.15, 0.2) is 42.5 Å². The maximum absolute atomic E-state index is 13.3. The number of carbonyl (C=O) groups excluding carboxylic acids is 1. The second-order valence-electron chi connectivity index (χ2n) is 9.58. The standard InChI is InChI=1S/C23H23F6N5O/c1-20(2,3)19-31-32-33-34(19)17-11-14(13-6-8-16(9-7-13)22(24,25)26)10-15(12-17)18(35)30-21(4,5)23(27,28)29/h6-12H,1-5H3,(H,30,35). The number of nitrogens with one attached hydrogen (secondary N) is 1. The molecule has 0 atom stereocenters. The zero-order chi connectivity index (χ0) is 26.4. The molecule has 3 aromatic rings. The molecule has 0 fully saturated rings. The Balaban J connectivity index is 2.15. The van der Waals surface area contributed by atoms with Gasteiger partial charge in [0.15, 0.2) is 5.82 Å². The van der Waals surface area contributed by atoms with Crippen molar-refractivity contribution in [2.24, 2.45) is 0 Å². The van der Waals surface area contributed by atoms with E-state index in [0.717, 1.165) is 26.0 Å². The largest absolute Gasteiger partial charge is 0.416 e. The first kappa shape index (κ1) is 26.2. The molecule has 12 heteroatoms. The quantitative estimate of drug-likeness (QED) is 0.467. The van der Waals surface area contributed by atoms with Gasteiger partial charge in [-0.05, 0) is 65.7 Å². The number of halogens is 6. The molecule has 0 aliphatic carbocycles. The molecule has 0 aliphatic heterocycles. The number of benzene rings is 2. The summed E-state index contributed by atoms with van der Waals surface area (Å²) in [6.45, 7) is 7.17. The molecule has 0 aliphatic rings. The van der Waals surface area contributed by atoms with Gasteiger partial charge in [-0.2, -0.15) is 31.0 Å². The number of alkyl halides is 6. The average molecular weight is 499 g/mol. The average Bonchev–Trinajstić information content (AvgIpc) is 3.22. The van der Waals surface area contributed by atoms with Gasteiger partial charge >= 0.3 is 12.4 Å². The Morgan fingerprint density at radius 2 is 1.46 bits per heavy atom. The Kier molecular flexibility index (Phi) is 6.47. The summed E-state index contributed by atoms with van der Waals surface area (Å²) >= 11 is 0. The van der Waals surface area contributed by atoms with E-state index in [1.165, 1.54) is 28.9 Å². The molecule has 1 aromatic heterocycles. The van der Waals surface area contributed by atoms with Crippen molar-refractivity contribution in [3.8, 4) is 16.8 Å². The molecule has 1 heterocycles. The van der Waals surface area contributed by atoms with Crippen LogP contribution in [0.1, 0.15) is 56.4 Å². The number of nitrogens with zero attached hydrogens (tertiary/aromatic N) is 4. The third kappa shape index (κ3) is 5.63. The minimum atomic E-state index is -4.72. The number of aromatic nitrogens is 4. The molecule has 35 heavy (non-hydrogen) atoms. The van der Waals surface area contributed by atoms with Crippen molar-refractivity contribution >= 4 is 5.91 Å². The van der Waals surface area contributed by atoms with Crippen molar-refractivity contribution in [3.63, 3.8) is 0 Å². The van der Waals surface area contributed by atoms with Gasteiger partial charge in [-0.25, -0.2) is 0 Å². The van der Waals surface area contributed by atoms with Crippen molar-refractivity contribution in [1.82, 2.24) is 25.5 Å². The molecule has 0 saturated carbocycles. The maximum Gasteiger partial charge on any atom is 0.416 e. The van der Waals surface area contributed by atoms with E-state index in [0.29, 0.717) is 17.0 Å². The normalized spacial score (nSPS) is 13.1. The first-order chi connectivity index (χ1) is 15.9. The molecular formula is C23H23F6N5O. The lowest BCUT2D eigenvalue weighted by Gasteiger charge is -2.29. The monoisotopic (exact) mass is 499 g/mol. The highest BCUT2D eigenvalue weighted by molar-refractivity contribution is 5.96. The smallest absolute Gasteiger partial charge is 0.338 e. The van der Waals surface area contributed by atoms with Crippen LogP contribution in [-0.2, 0) is 11.6 Å². The van der Waals surface area contributed by atoms with Crippen LogP contribution >= 0.6 is 0 Å². The van der Waals surface area contributed by atoms with Gasteiger partial charge in [0.1, 0.15) is 5.54 Å². The van der Waals surface area contributed by atoms with Gasteiger partial charge in [0.25, 0.3) is 5.91 Å². The molecule has 188 valence electrons. The van der Waals surface area contributed by atoms with E-state index >= 15 is 0 Å². The van der Waals surface area contributed by atoms with Crippen LogP contribution in [0.5, 0.6) is 0 Å². The van der Waals surface area contributed by atoms with E-state index < -0.39 is 34.8 Å². The van der Waals surface area contributed by atoms with E-state index in [4.69, 9.17) is 0 Å². The summed E-state index contributed by atoms with van der Waals surface area (Å²) in [4.78, 5) is 12.9. The van der Waals surface area contributed by atoms with E-state index in [1.807, 2.05) is 26.1 Å². The molecule has 2 aromatic carbocycles. The Bertz CT molecular complexity index is 1220. The maximum atomic E-state index is 13.3. The van der Waals surface area contributed by atoms with Gasteiger partial charge in [0.05, 0.1) is 11.3 Å². The Labute approximate surface area is 197 Å². The number of hydrogen-bond acceptors (Lipinski definition) is 4. The van der Waals surface area contributed by atoms with Crippen molar-refractivity contribution < 1.29 is 31.1 Å². The summed E-state index contributed by atoms with van der Waals surface area (Å²) in [6, 6.07) is 8.36. The predicted molar refractivity (Wildman–Crippen MR) is 116 cm³/mol. The van der Waals surface area contributed by atoms with Crippen LogP contribution in [0, 0.1) is 0 Å². The highest BCUT2D eigenvalue weighted by Gasteiger charge is 2.48. The van der Waals surface area contributed by atoms with Crippen LogP contribution in [0.2, 0.25) is 0 Å². The highest BCUT2D eigenvalue weighted by Crippen LogP contribution is 2.33. The SMILES string of the molecule is CC(C)(C)c1nnnn1-c1cc(C(=O)NC(C)(C)C(F)(F)F)cc(-c2ccc(C(F)(F)F)cc2)c1. The molecular weight excluding hydrogens is 476 g/mol. The number of tetrazole rings is 1. The van der Waals surface area contributed by atoms with E-state index in [9.17, 15) is 31.1 Å². The molecule has 0 radical (unpaired) electrons. The van der Waals surface area contributed by atoms with Gasteiger partial charge < -0.3 is 5.32 Å². The predicted octanol–water partition coefficient (Wildman–Crippen LogP) is 5.72. The molecule has 0 saturated heterocycles. The first-order valence-electron chi connectivity index (χ1n) is 10.4. The number of amides is 1. The van der Waals surface area contributed by atoms with E-state index in [1.54, 1.807) is 6.07 Å². The van der Waals surface area contributed by atoms with Crippen molar-refractivity contribution in [2.45, 2.75) is 57.9 Å². The summed E-state index contributed by atoms with van der Waals surface area (Å²) in [5.74, 6) is -0.614. The van der Waals surface area contributed by atoms with Gasteiger partial charge in [0, 0.05) is 11.0 Å². The lowest BCUT2D eigenvalue weighted by Crippen LogP contribution is -2.54. The van der Waals surface area contributed by atoms with Crippen molar-refractivity contribution in [3.05, 3.63) is 59.4 Å². The Morgan fingerprint density at radius 3 is 1.97 bits per heavy atom. The Hall–Kier alpha value is -3.44. The number of hydrogen-bond donors (Lipinski definition) is 1. The van der Waals surface area contributed by atoms with Gasteiger partial charge in [-0.1, -0.05) is 32.9 Å². The molecule has 3 rings (SSSR count). The minimum Gasteiger partial charge on any atom is -0.338 e. The fourth-order valence-corrected chi connectivity index (χ4v) is 3.14. The third-order valence-electron chi connectivity index (χ3n) is 5.25. The zero-order valence-electron chi connectivity index (χ0n) is 19.5. The van der Waals surface area contributed by atoms with Crippen LogP contribution in [0.3, 0.4) is 0 Å². The molecule has 0 bridgehead atoms. The van der Waals surface area contributed by atoms with Crippen molar-refractivity contribution in [2.75, 3.05) is 0 Å². The van der Waals surface area contributed by atoms with Crippen LogP contribution in [-0.4, -0.2) is 37.8 Å². The van der Waals surface area contributed by atoms with Crippen LogP contribution < -0.4 is 5.32 Å². The lowest BCUT2D eigenvalue weighted by molar-refractivity contribution is -0.182. The molecule has 0 spiro atoms. The molecule has 0 unspecified atom stereocenters. The fourth-order valence-electron chi connectivity index (χ4n) is 3.14. The van der Waals surface area contributed by atoms with Gasteiger partial charge in [-0.15, -0.1) is 5.10 Å². The number of carbonyl (C=O) groups is 1. The summed E-state index contributed by atoms with van der Waals surface area (Å²) < 4.78 is 80.3. The van der Waals surface area contributed by atoms with Gasteiger partial charge in [-0.3, -0.25) is 4.79 Å². The third-order valence-corrected chi connectivity index (χ3v) is 5.25. The van der Waals surface area contributed by atoms with Gasteiger partial charge in [0.2, 0.25) is 0 Å². The van der Waals surface area contributed by atoms with Crippen LogP contribution in [0.25, 0.3) is 16.8 Å². The Morgan fingerprint density at radius 1 is 0.857 bits per heavy atom. The second-order valence-corrected chi connectivity index (χ2v) is 9.58. The summed E-state index contributed by atoms with van der Waals surface area (Å²) in [5, 5.41) is 13.6. The van der Waals surface area contributed by atoms with E-state index in [-0.39, 0.29) is 11.3 Å². The molecule has 1 amide bonds. The topological polar surface area (TPSA) is 72.7 Å². The highest BCUT2D eigenvalue weighted by atomic mass is 19.4. The molecule has 1 N–H and O–H groups in total. The summed E-state index contributed by atoms with van der Waals surface area (Å²) in [6.07, 6.45) is -9.26. The van der Waals surface area contributed by atoms with E-state index in [2.05, 4.69) is 15.5 Å². The summed E-state index contributed by atoms with van der Waals surface area (Å²) in [7, 11) is 0. The summed E-state index contributed by atoms with van der Waals surface area (Å²) in [5.41, 5.74) is -3.21.